The minimum absolute atomic E-state index is 0.263. The zero-order valence-electron chi connectivity index (χ0n) is 9.71. The maximum Gasteiger partial charge on any atom is 0.155 e. The van der Waals surface area contributed by atoms with E-state index in [1.807, 2.05) is 30.3 Å². The Hall–Kier alpha value is -2.29. The summed E-state index contributed by atoms with van der Waals surface area (Å²) in [5.41, 5.74) is 2.13. The number of halogens is 1. The number of hydrogen-bond donors (Lipinski definition) is 0. The zero-order valence-corrected chi connectivity index (χ0v) is 9.71. The molecule has 0 spiro atoms. The van der Waals surface area contributed by atoms with Gasteiger partial charge in [-0.25, -0.2) is 9.45 Å². The molecule has 90 valence electrons. The molecule has 0 fully saturated rings. The number of benzene rings is 2. The van der Waals surface area contributed by atoms with Gasteiger partial charge in [-0.3, -0.25) is 0 Å². The van der Waals surface area contributed by atoms with Gasteiger partial charge in [0.1, 0.15) is 5.82 Å². The van der Waals surface area contributed by atoms with Crippen molar-refractivity contribution < 1.29 is 9.23 Å². The first-order valence-electron chi connectivity index (χ1n) is 5.79. The molecule has 2 aromatic rings. The summed E-state index contributed by atoms with van der Waals surface area (Å²) in [6.45, 7) is 0.675. The fraction of sp³-hybridized carbons (Fsp3) is 0.0667. The highest BCUT2D eigenvalue weighted by Crippen LogP contribution is 2.26. The normalized spacial score (nSPS) is 13.3. The van der Waals surface area contributed by atoms with Crippen molar-refractivity contribution in [2.24, 2.45) is 0 Å². The van der Waals surface area contributed by atoms with Crippen LogP contribution in [0.15, 0.2) is 54.6 Å². The van der Waals surface area contributed by atoms with Crippen LogP contribution in [0.25, 0.3) is 6.08 Å². The lowest BCUT2D eigenvalue weighted by Crippen LogP contribution is -2.29. The molecule has 0 saturated carbocycles. The molecule has 0 unspecified atom stereocenters. The van der Waals surface area contributed by atoms with E-state index in [1.165, 1.54) is 12.1 Å². The number of hydrogen-bond acceptors (Lipinski definition) is 2. The molecule has 2 nitrogen and oxygen atoms in total. The fourth-order valence-electron chi connectivity index (χ4n) is 1.94. The van der Waals surface area contributed by atoms with Crippen LogP contribution in [0.1, 0.15) is 5.56 Å². The molecule has 0 radical (unpaired) electrons. The Morgan fingerprint density at radius 2 is 1.78 bits per heavy atom. The maximum absolute atomic E-state index is 12.8. The predicted molar refractivity (Wildman–Crippen MR) is 69.9 cm³/mol. The molecule has 1 aliphatic rings. The minimum Gasteiger partial charge on any atom is -0.379 e. The summed E-state index contributed by atoms with van der Waals surface area (Å²) < 4.78 is 12.8. The summed E-state index contributed by atoms with van der Waals surface area (Å²) in [5, 5.41) is 1.79. The monoisotopic (exact) mass is 241 g/mol. The third-order valence-corrected chi connectivity index (χ3v) is 2.80. The largest absolute Gasteiger partial charge is 0.379 e. The molecule has 0 bridgehead atoms. The first kappa shape index (κ1) is 10.8. The fourth-order valence-corrected chi connectivity index (χ4v) is 1.94. The van der Waals surface area contributed by atoms with Gasteiger partial charge in [0, 0.05) is 5.56 Å². The van der Waals surface area contributed by atoms with Crippen molar-refractivity contribution in [1.82, 2.24) is 0 Å². The van der Waals surface area contributed by atoms with Gasteiger partial charge in [0.05, 0.1) is 12.2 Å². The first-order chi connectivity index (χ1) is 8.83. The first-order valence-corrected chi connectivity index (χ1v) is 5.79. The average molecular weight is 241 g/mol. The topological polar surface area (TPSA) is 12.5 Å². The zero-order chi connectivity index (χ0) is 12.4. The van der Waals surface area contributed by atoms with E-state index >= 15 is 0 Å². The molecule has 0 saturated heterocycles. The number of anilines is 1. The summed E-state index contributed by atoms with van der Waals surface area (Å²) in [7, 11) is 0. The van der Waals surface area contributed by atoms with Crippen LogP contribution in [0.5, 0.6) is 5.75 Å². The van der Waals surface area contributed by atoms with Crippen molar-refractivity contribution >= 4 is 11.8 Å². The molecule has 3 rings (SSSR count). The van der Waals surface area contributed by atoms with Crippen molar-refractivity contribution in [1.29, 1.82) is 0 Å². The second-order valence-corrected chi connectivity index (χ2v) is 4.07. The van der Waals surface area contributed by atoms with Gasteiger partial charge in [-0.2, -0.15) is 0 Å². The molecule has 0 atom stereocenters. The number of rotatable bonds is 2. The van der Waals surface area contributed by atoms with Crippen molar-refractivity contribution in [2.45, 2.75) is 0 Å². The number of nitrogens with zero attached hydrogens (tertiary/aromatic N) is 1. The second-order valence-electron chi connectivity index (χ2n) is 4.07. The Labute approximate surface area is 105 Å². The molecule has 18 heavy (non-hydrogen) atoms. The van der Waals surface area contributed by atoms with Gasteiger partial charge in [0.15, 0.2) is 5.75 Å². The smallest absolute Gasteiger partial charge is 0.155 e. The molecule has 0 N–H and O–H groups in total. The Kier molecular flexibility index (Phi) is 2.73. The molecule has 2 aromatic carbocycles. The Morgan fingerprint density at radius 1 is 1.00 bits per heavy atom. The molecule has 1 aliphatic heterocycles. The van der Waals surface area contributed by atoms with Crippen molar-refractivity contribution in [3.63, 3.8) is 0 Å². The number of hydroxylamine groups is 1. The van der Waals surface area contributed by atoms with Crippen LogP contribution >= 0.6 is 0 Å². The van der Waals surface area contributed by atoms with E-state index in [-0.39, 0.29) is 5.82 Å². The SMILES string of the molecule is Fc1ccc(ON2CC=Cc3ccccc32)cc1. The van der Waals surface area contributed by atoms with E-state index in [0.717, 1.165) is 11.3 Å². The van der Waals surface area contributed by atoms with Crippen molar-refractivity contribution in [3.8, 4) is 5.75 Å². The highest BCUT2D eigenvalue weighted by atomic mass is 19.1. The number of para-hydroxylation sites is 1. The van der Waals surface area contributed by atoms with Crippen LogP contribution in [0.4, 0.5) is 10.1 Å². The van der Waals surface area contributed by atoms with E-state index in [9.17, 15) is 4.39 Å². The summed E-state index contributed by atoms with van der Waals surface area (Å²) in [4.78, 5) is 5.75. The third kappa shape index (κ3) is 2.07. The van der Waals surface area contributed by atoms with Crippen LogP contribution in [0.2, 0.25) is 0 Å². The maximum atomic E-state index is 12.8. The van der Waals surface area contributed by atoms with E-state index in [0.29, 0.717) is 12.3 Å². The van der Waals surface area contributed by atoms with Gasteiger partial charge >= 0.3 is 0 Å². The lowest BCUT2D eigenvalue weighted by atomic mass is 10.1. The van der Waals surface area contributed by atoms with E-state index < -0.39 is 0 Å². The van der Waals surface area contributed by atoms with Gasteiger partial charge in [-0.1, -0.05) is 30.4 Å². The van der Waals surface area contributed by atoms with Crippen LogP contribution in [0, 0.1) is 5.82 Å². The van der Waals surface area contributed by atoms with Gasteiger partial charge in [-0.15, -0.1) is 0 Å². The summed E-state index contributed by atoms with van der Waals surface area (Å²) in [6.07, 6.45) is 4.10. The lowest BCUT2D eigenvalue weighted by Gasteiger charge is -2.27. The van der Waals surface area contributed by atoms with Crippen molar-refractivity contribution in [3.05, 3.63) is 66.0 Å². The number of fused-ring (bicyclic) bond motifs is 1. The highest BCUT2D eigenvalue weighted by molar-refractivity contribution is 5.70. The van der Waals surface area contributed by atoms with Gasteiger partial charge in [-0.05, 0) is 30.3 Å². The second kappa shape index (κ2) is 4.53. The van der Waals surface area contributed by atoms with Gasteiger partial charge in [0.25, 0.3) is 0 Å². The van der Waals surface area contributed by atoms with Crippen LogP contribution < -0.4 is 9.90 Å². The molecule has 0 aromatic heterocycles. The summed E-state index contributed by atoms with van der Waals surface area (Å²) >= 11 is 0. The molecule has 3 heteroatoms. The molecule has 0 amide bonds. The predicted octanol–water partition coefficient (Wildman–Crippen LogP) is 3.65. The van der Waals surface area contributed by atoms with Crippen LogP contribution in [0.3, 0.4) is 0 Å². The quantitative estimate of drug-likeness (QED) is 0.795. The highest BCUT2D eigenvalue weighted by Gasteiger charge is 2.13. The average Bonchev–Trinajstić information content (AvgIpc) is 2.42. The lowest BCUT2D eigenvalue weighted by molar-refractivity contribution is 0.289. The Morgan fingerprint density at radius 3 is 2.61 bits per heavy atom. The molecule has 0 aliphatic carbocycles. The van der Waals surface area contributed by atoms with E-state index in [2.05, 4.69) is 6.08 Å². The Bertz CT molecular complexity index is 577. The molecule has 1 heterocycles. The molecular weight excluding hydrogens is 229 g/mol. The van der Waals surface area contributed by atoms with Crippen LogP contribution in [-0.4, -0.2) is 6.54 Å². The summed E-state index contributed by atoms with van der Waals surface area (Å²) in [6, 6.07) is 14.0. The van der Waals surface area contributed by atoms with E-state index in [1.54, 1.807) is 17.2 Å². The van der Waals surface area contributed by atoms with Crippen LogP contribution in [-0.2, 0) is 0 Å². The van der Waals surface area contributed by atoms with E-state index in [4.69, 9.17) is 4.84 Å². The third-order valence-electron chi connectivity index (χ3n) is 2.80. The summed E-state index contributed by atoms with van der Waals surface area (Å²) in [5.74, 6) is 0.364. The minimum atomic E-state index is -0.263. The van der Waals surface area contributed by atoms with Gasteiger partial charge in [0.2, 0.25) is 0 Å². The Balaban J connectivity index is 1.86. The standard InChI is InChI=1S/C15H12FNO/c16-13-7-9-14(10-8-13)18-17-11-3-5-12-4-1-2-6-15(12)17/h1-10H,11H2. The van der Waals surface area contributed by atoms with Crippen molar-refractivity contribution in [2.75, 3.05) is 11.6 Å². The van der Waals surface area contributed by atoms with Gasteiger partial charge < -0.3 is 4.84 Å². The molecular formula is C15H12FNO.